The lowest BCUT2D eigenvalue weighted by atomic mass is 9.53. The minimum absolute atomic E-state index is 0.00499. The van der Waals surface area contributed by atoms with Crippen molar-refractivity contribution < 1.29 is 43.1 Å². The average Bonchev–Trinajstić information content (AvgIpc) is 3.17. The smallest absolute Gasteiger partial charge is 0.482 e. The number of hydrogen-bond donors (Lipinski definition) is 0. The largest absolute Gasteiger partial charge is 0.534 e. The fraction of sp³-hybridized carbons (Fsp3) is 0.440. The Morgan fingerprint density at radius 1 is 1.08 bits per heavy atom. The summed E-state index contributed by atoms with van der Waals surface area (Å²) in [5.74, 6) is -0.856. The van der Waals surface area contributed by atoms with Gasteiger partial charge in [-0.3, -0.25) is 9.08 Å². The van der Waals surface area contributed by atoms with Crippen molar-refractivity contribution in [3.63, 3.8) is 0 Å². The van der Waals surface area contributed by atoms with E-state index in [0.717, 1.165) is 17.4 Å². The molecule has 0 saturated carbocycles. The Morgan fingerprint density at radius 3 is 2.50 bits per heavy atom. The molecule has 2 aliphatic heterocycles. The molecule has 1 fully saturated rings. The van der Waals surface area contributed by atoms with E-state index in [-0.39, 0.29) is 17.7 Å². The molecule has 38 heavy (non-hydrogen) atoms. The van der Waals surface area contributed by atoms with Gasteiger partial charge in [0.25, 0.3) is 10.1 Å². The standard InChI is InChI=1S/C25H24F3NO7S2/c1-37(30,31)35-20-10-8-17-18-13-16-7-9-19(36-38(32,33)25(26,27)28)22-21(16)24(17,23(20)34-22)11-12-29(18)14-15-5-3-2-4-6-15/h2-10,17-18,20,23H,11-14H2,1H3/t17-,18+,20-,23-,24-/m0/s1. The first kappa shape index (κ1) is 25.7. The first-order valence-electron chi connectivity index (χ1n) is 12.0. The molecule has 13 heteroatoms. The molecule has 4 aliphatic rings. The minimum atomic E-state index is -5.95. The zero-order chi connectivity index (χ0) is 27.1. The van der Waals surface area contributed by atoms with Crippen LogP contribution in [0.4, 0.5) is 13.2 Å². The van der Waals surface area contributed by atoms with Gasteiger partial charge in [0.2, 0.25) is 0 Å². The molecule has 0 amide bonds. The molecule has 204 valence electrons. The second-order valence-corrected chi connectivity index (χ2v) is 13.3. The molecule has 8 nitrogen and oxygen atoms in total. The summed E-state index contributed by atoms with van der Waals surface area (Å²) < 4.78 is 103. The second kappa shape index (κ2) is 8.44. The molecule has 1 saturated heterocycles. The van der Waals surface area contributed by atoms with Gasteiger partial charge in [-0.1, -0.05) is 48.6 Å². The van der Waals surface area contributed by atoms with Gasteiger partial charge < -0.3 is 8.92 Å². The molecular weight excluding hydrogens is 547 g/mol. The fourth-order valence-electron chi connectivity index (χ4n) is 6.63. The van der Waals surface area contributed by atoms with Crippen molar-refractivity contribution in [3.8, 4) is 11.5 Å². The van der Waals surface area contributed by atoms with Crippen LogP contribution in [0.2, 0.25) is 0 Å². The van der Waals surface area contributed by atoms with Gasteiger partial charge in [0.15, 0.2) is 11.5 Å². The quantitative estimate of drug-likeness (QED) is 0.296. The SMILES string of the molecule is CS(=O)(=O)O[C@H]1C=C[C@H]2[C@H]3Cc4ccc(OS(=O)(=O)C(F)(F)F)c5c4[C@@]2(CCN3Cc2ccccc2)[C@H]1O5. The van der Waals surface area contributed by atoms with E-state index in [9.17, 15) is 30.0 Å². The fourth-order valence-corrected chi connectivity index (χ4v) is 7.66. The third-order valence-corrected chi connectivity index (χ3v) is 9.49. The number of hydrogen-bond acceptors (Lipinski definition) is 8. The Kier molecular flexibility index (Phi) is 5.70. The summed E-state index contributed by atoms with van der Waals surface area (Å²) in [6, 6.07) is 12.7. The van der Waals surface area contributed by atoms with E-state index in [0.29, 0.717) is 31.5 Å². The molecule has 2 bridgehead atoms. The van der Waals surface area contributed by atoms with E-state index in [1.807, 2.05) is 36.4 Å². The zero-order valence-electron chi connectivity index (χ0n) is 20.1. The summed E-state index contributed by atoms with van der Waals surface area (Å²) in [4.78, 5) is 2.35. The van der Waals surface area contributed by atoms with Gasteiger partial charge >= 0.3 is 15.6 Å². The minimum Gasteiger partial charge on any atom is -0.482 e. The highest BCUT2D eigenvalue weighted by molar-refractivity contribution is 7.88. The number of piperidine rings is 1. The number of nitrogens with zero attached hydrogens (tertiary/aromatic N) is 1. The molecule has 0 aromatic heterocycles. The molecule has 1 spiro atoms. The highest BCUT2D eigenvalue weighted by Crippen LogP contribution is 2.63. The number of rotatable bonds is 6. The van der Waals surface area contributed by atoms with Crippen molar-refractivity contribution in [1.82, 2.24) is 4.90 Å². The molecule has 2 heterocycles. The molecule has 0 unspecified atom stereocenters. The molecule has 0 N–H and O–H groups in total. The van der Waals surface area contributed by atoms with Crippen LogP contribution in [0.1, 0.15) is 23.1 Å². The topological polar surface area (TPSA) is 99.2 Å². The molecule has 5 atom stereocenters. The van der Waals surface area contributed by atoms with Crippen LogP contribution in [-0.2, 0) is 42.8 Å². The highest BCUT2D eigenvalue weighted by Gasteiger charge is 2.65. The summed E-state index contributed by atoms with van der Waals surface area (Å²) in [6.45, 7) is 1.30. The van der Waals surface area contributed by atoms with Crippen LogP contribution in [0.5, 0.6) is 11.5 Å². The van der Waals surface area contributed by atoms with Gasteiger partial charge in [-0.2, -0.15) is 30.0 Å². The lowest BCUT2D eigenvalue weighted by Crippen LogP contribution is -2.65. The number of benzene rings is 2. The van der Waals surface area contributed by atoms with E-state index < -0.39 is 49.1 Å². The highest BCUT2D eigenvalue weighted by atomic mass is 32.2. The number of halogens is 3. The van der Waals surface area contributed by atoms with Crippen molar-refractivity contribution in [2.75, 3.05) is 12.8 Å². The molecular formula is C25H24F3NO7S2. The average molecular weight is 572 g/mol. The van der Waals surface area contributed by atoms with Gasteiger partial charge in [0.1, 0.15) is 12.2 Å². The maximum absolute atomic E-state index is 13.1. The van der Waals surface area contributed by atoms with Gasteiger partial charge in [-0.05, 0) is 36.6 Å². The molecule has 2 aliphatic carbocycles. The Morgan fingerprint density at radius 2 is 1.82 bits per heavy atom. The Labute approximate surface area is 218 Å². The Bertz CT molecular complexity index is 1530. The molecule has 2 aromatic rings. The Balaban J connectivity index is 1.47. The second-order valence-electron chi connectivity index (χ2n) is 10.1. The van der Waals surface area contributed by atoms with Crippen LogP contribution < -0.4 is 8.92 Å². The molecule has 2 aromatic carbocycles. The van der Waals surface area contributed by atoms with E-state index in [2.05, 4.69) is 9.08 Å². The van der Waals surface area contributed by atoms with Crippen LogP contribution in [0.15, 0.2) is 54.6 Å². The first-order chi connectivity index (χ1) is 17.8. The van der Waals surface area contributed by atoms with E-state index in [4.69, 9.17) is 8.92 Å². The lowest BCUT2D eigenvalue weighted by Gasteiger charge is -2.57. The van der Waals surface area contributed by atoms with Crippen LogP contribution >= 0.6 is 0 Å². The predicted octanol–water partition coefficient (Wildman–Crippen LogP) is 3.28. The molecule has 6 rings (SSSR count). The van der Waals surface area contributed by atoms with Gasteiger partial charge in [-0.15, -0.1) is 0 Å². The number of alkyl halides is 3. The normalized spacial score (nSPS) is 30.0. The summed E-state index contributed by atoms with van der Waals surface area (Å²) in [6.07, 6.45) is 3.54. The van der Waals surface area contributed by atoms with Crippen LogP contribution in [0.3, 0.4) is 0 Å². The van der Waals surface area contributed by atoms with Crippen LogP contribution in [-0.4, -0.2) is 58.3 Å². The first-order valence-corrected chi connectivity index (χ1v) is 15.2. The number of ether oxygens (including phenoxy) is 1. The van der Waals surface area contributed by atoms with Gasteiger partial charge in [-0.25, -0.2) is 0 Å². The third kappa shape index (κ3) is 3.93. The Hall–Kier alpha value is -2.61. The van der Waals surface area contributed by atoms with Crippen molar-refractivity contribution in [1.29, 1.82) is 0 Å². The van der Waals surface area contributed by atoms with Crippen LogP contribution in [0, 0.1) is 5.92 Å². The van der Waals surface area contributed by atoms with Gasteiger partial charge in [0, 0.05) is 29.5 Å². The maximum atomic E-state index is 13.1. The molecule has 0 radical (unpaired) electrons. The van der Waals surface area contributed by atoms with E-state index >= 15 is 0 Å². The van der Waals surface area contributed by atoms with E-state index in [1.165, 1.54) is 6.07 Å². The lowest BCUT2D eigenvalue weighted by molar-refractivity contribution is -0.0507. The summed E-state index contributed by atoms with van der Waals surface area (Å²) >= 11 is 0. The van der Waals surface area contributed by atoms with E-state index in [1.54, 1.807) is 12.1 Å². The predicted molar refractivity (Wildman–Crippen MR) is 129 cm³/mol. The monoisotopic (exact) mass is 571 g/mol. The van der Waals surface area contributed by atoms with Crippen molar-refractivity contribution in [2.45, 2.75) is 48.6 Å². The summed E-state index contributed by atoms with van der Waals surface area (Å²) in [5, 5.41) is 0. The van der Waals surface area contributed by atoms with Gasteiger partial charge in [0.05, 0.1) is 6.26 Å². The van der Waals surface area contributed by atoms with Crippen LogP contribution in [0.25, 0.3) is 0 Å². The zero-order valence-corrected chi connectivity index (χ0v) is 21.7. The van der Waals surface area contributed by atoms with Crippen molar-refractivity contribution in [2.24, 2.45) is 5.92 Å². The number of likely N-dealkylation sites (tertiary alicyclic amines) is 1. The summed E-state index contributed by atoms with van der Waals surface area (Å²) in [5.41, 5.74) is -3.95. The maximum Gasteiger partial charge on any atom is 0.534 e. The third-order valence-electron chi connectivity index (χ3n) is 7.95. The van der Waals surface area contributed by atoms with Crippen molar-refractivity contribution >= 4 is 20.2 Å². The summed E-state index contributed by atoms with van der Waals surface area (Å²) in [7, 11) is -9.87. The van der Waals surface area contributed by atoms with Crippen molar-refractivity contribution in [3.05, 3.63) is 71.3 Å².